The van der Waals surface area contributed by atoms with Gasteiger partial charge in [0.05, 0.1) is 13.2 Å². The van der Waals surface area contributed by atoms with Crippen molar-refractivity contribution in [2.24, 2.45) is 0 Å². The van der Waals surface area contributed by atoms with E-state index in [1.54, 1.807) is 0 Å². The van der Waals surface area contributed by atoms with Crippen LogP contribution in [0.4, 0.5) is 11.4 Å². The van der Waals surface area contributed by atoms with Gasteiger partial charge in [0.15, 0.2) is 5.11 Å². The monoisotopic (exact) mass is 440 g/mol. The quantitative estimate of drug-likeness (QED) is 0.587. The van der Waals surface area contributed by atoms with Crippen molar-refractivity contribution in [3.63, 3.8) is 0 Å². The second-order valence-electron chi connectivity index (χ2n) is 8.27. The summed E-state index contributed by atoms with van der Waals surface area (Å²) in [4.78, 5) is 6.89. The Morgan fingerprint density at radius 3 is 2.26 bits per heavy atom. The molecule has 1 heterocycles. The van der Waals surface area contributed by atoms with Crippen molar-refractivity contribution >= 4 is 28.7 Å². The summed E-state index contributed by atoms with van der Waals surface area (Å²) >= 11 is 5.83. The molecule has 0 aliphatic carbocycles. The average molecular weight is 441 g/mol. The number of benzene rings is 2. The third-order valence-electron chi connectivity index (χ3n) is 5.73. The molecule has 0 unspecified atom stereocenters. The van der Waals surface area contributed by atoms with Gasteiger partial charge in [0.1, 0.15) is 0 Å². The van der Waals surface area contributed by atoms with Crippen LogP contribution in [0.2, 0.25) is 0 Å². The van der Waals surface area contributed by atoms with E-state index in [4.69, 9.17) is 17.0 Å². The zero-order chi connectivity index (χ0) is 22.1. The second-order valence-corrected chi connectivity index (χ2v) is 8.66. The van der Waals surface area contributed by atoms with Crippen molar-refractivity contribution in [1.82, 2.24) is 9.80 Å². The lowest BCUT2D eigenvalue weighted by atomic mass is 10.1. The number of nitrogens with zero attached hydrogens (tertiary/aromatic N) is 3. The summed E-state index contributed by atoms with van der Waals surface area (Å²) in [6.07, 6.45) is 2.12. The summed E-state index contributed by atoms with van der Waals surface area (Å²) in [5.74, 6) is 0. The van der Waals surface area contributed by atoms with Crippen LogP contribution in [-0.2, 0) is 17.7 Å². The molecule has 0 bridgehead atoms. The van der Waals surface area contributed by atoms with Gasteiger partial charge in [0.2, 0.25) is 0 Å². The number of thiocarbonyl (C=S) groups is 1. The molecular formula is C25H36N4OS. The Kier molecular flexibility index (Phi) is 9.13. The number of morpholine rings is 1. The SMILES string of the molecule is CCc1ccc(NC(=S)N(CCCN2CCOCC2)Cc2ccc(N(C)C)cc2)cc1. The number of nitrogens with one attached hydrogen (secondary N) is 1. The Labute approximate surface area is 193 Å². The Hall–Kier alpha value is -2.15. The molecule has 6 heteroatoms. The number of aryl methyl sites for hydroxylation is 1. The molecular weight excluding hydrogens is 404 g/mol. The maximum Gasteiger partial charge on any atom is 0.173 e. The van der Waals surface area contributed by atoms with Crippen molar-refractivity contribution in [2.75, 3.05) is 63.7 Å². The van der Waals surface area contributed by atoms with Gasteiger partial charge >= 0.3 is 0 Å². The van der Waals surface area contributed by atoms with E-state index in [-0.39, 0.29) is 0 Å². The summed E-state index contributed by atoms with van der Waals surface area (Å²) in [6.45, 7) is 8.71. The molecule has 3 rings (SSSR count). The third-order valence-corrected chi connectivity index (χ3v) is 6.09. The maximum absolute atomic E-state index is 5.83. The molecule has 0 saturated carbocycles. The third kappa shape index (κ3) is 7.49. The highest BCUT2D eigenvalue weighted by molar-refractivity contribution is 7.80. The molecule has 1 N–H and O–H groups in total. The minimum absolute atomic E-state index is 0.780. The van der Waals surface area contributed by atoms with Crippen LogP contribution in [0.25, 0.3) is 0 Å². The molecule has 1 aliphatic heterocycles. The summed E-state index contributed by atoms with van der Waals surface area (Å²) < 4.78 is 5.47. The molecule has 168 valence electrons. The lowest BCUT2D eigenvalue weighted by molar-refractivity contribution is 0.0368. The molecule has 5 nitrogen and oxygen atoms in total. The molecule has 0 aromatic heterocycles. The molecule has 1 aliphatic rings. The van der Waals surface area contributed by atoms with Crippen LogP contribution in [-0.4, -0.2) is 68.4 Å². The predicted octanol–water partition coefficient (Wildman–Crippen LogP) is 4.24. The lowest BCUT2D eigenvalue weighted by Crippen LogP contribution is -2.40. The van der Waals surface area contributed by atoms with Crippen LogP contribution in [0.3, 0.4) is 0 Å². The van der Waals surface area contributed by atoms with E-state index >= 15 is 0 Å². The molecule has 1 fully saturated rings. The van der Waals surface area contributed by atoms with Crippen molar-refractivity contribution < 1.29 is 4.74 Å². The minimum Gasteiger partial charge on any atom is -0.379 e. The van der Waals surface area contributed by atoms with Gasteiger partial charge in [-0.3, -0.25) is 4.90 Å². The van der Waals surface area contributed by atoms with Crippen LogP contribution in [0.15, 0.2) is 48.5 Å². The van der Waals surface area contributed by atoms with E-state index in [1.165, 1.54) is 16.8 Å². The average Bonchev–Trinajstić information content (AvgIpc) is 2.80. The van der Waals surface area contributed by atoms with Gasteiger partial charge in [-0.25, -0.2) is 0 Å². The van der Waals surface area contributed by atoms with Gasteiger partial charge in [-0.2, -0.15) is 0 Å². The van der Waals surface area contributed by atoms with Crippen molar-refractivity contribution in [3.8, 4) is 0 Å². The predicted molar refractivity (Wildman–Crippen MR) is 135 cm³/mol. The summed E-state index contributed by atoms with van der Waals surface area (Å²) in [6, 6.07) is 17.3. The van der Waals surface area contributed by atoms with Crippen LogP contribution in [0, 0.1) is 0 Å². The fraction of sp³-hybridized carbons (Fsp3) is 0.480. The lowest BCUT2D eigenvalue weighted by Gasteiger charge is -2.30. The zero-order valence-corrected chi connectivity index (χ0v) is 20.0. The highest BCUT2D eigenvalue weighted by Gasteiger charge is 2.14. The van der Waals surface area contributed by atoms with Crippen LogP contribution >= 0.6 is 12.2 Å². The smallest absolute Gasteiger partial charge is 0.173 e. The van der Waals surface area contributed by atoms with Gasteiger partial charge in [-0.1, -0.05) is 31.2 Å². The first-order chi connectivity index (χ1) is 15.0. The standard InChI is InChI=1S/C25H36N4OS/c1-4-21-6-10-23(11-7-21)26-25(31)29(15-5-14-28-16-18-30-19-17-28)20-22-8-12-24(13-9-22)27(2)3/h6-13H,4-5,14-20H2,1-3H3,(H,26,31). The van der Waals surface area contributed by atoms with Crippen molar-refractivity contribution in [2.45, 2.75) is 26.3 Å². The normalized spacial score (nSPS) is 14.3. The van der Waals surface area contributed by atoms with Gasteiger partial charge in [0, 0.05) is 58.2 Å². The van der Waals surface area contributed by atoms with Crippen LogP contribution < -0.4 is 10.2 Å². The van der Waals surface area contributed by atoms with E-state index < -0.39 is 0 Å². The minimum atomic E-state index is 0.780. The zero-order valence-electron chi connectivity index (χ0n) is 19.1. The van der Waals surface area contributed by atoms with Gasteiger partial charge in [-0.05, 0) is 60.5 Å². The molecule has 0 radical (unpaired) electrons. The summed E-state index contributed by atoms with van der Waals surface area (Å²) in [5, 5.41) is 4.23. The van der Waals surface area contributed by atoms with E-state index in [9.17, 15) is 0 Å². The summed E-state index contributed by atoms with van der Waals surface area (Å²) in [5.41, 5.74) is 4.85. The molecule has 2 aromatic rings. The van der Waals surface area contributed by atoms with E-state index in [1.807, 2.05) is 0 Å². The number of hydrogen-bond acceptors (Lipinski definition) is 4. The topological polar surface area (TPSA) is 31.0 Å². The first kappa shape index (κ1) is 23.5. The van der Waals surface area contributed by atoms with Crippen LogP contribution in [0.5, 0.6) is 0 Å². The number of hydrogen-bond donors (Lipinski definition) is 1. The van der Waals surface area contributed by atoms with Crippen LogP contribution in [0.1, 0.15) is 24.5 Å². The van der Waals surface area contributed by atoms with Gasteiger partial charge in [0.25, 0.3) is 0 Å². The highest BCUT2D eigenvalue weighted by Crippen LogP contribution is 2.16. The van der Waals surface area contributed by atoms with Gasteiger partial charge in [-0.15, -0.1) is 0 Å². The van der Waals surface area contributed by atoms with Crippen molar-refractivity contribution in [3.05, 3.63) is 59.7 Å². The molecule has 2 aromatic carbocycles. The van der Waals surface area contributed by atoms with E-state index in [2.05, 4.69) is 89.6 Å². The van der Waals surface area contributed by atoms with Gasteiger partial charge < -0.3 is 19.9 Å². The van der Waals surface area contributed by atoms with E-state index in [0.717, 1.165) is 69.6 Å². The Bertz CT molecular complexity index is 801. The first-order valence-electron chi connectivity index (χ1n) is 11.3. The van der Waals surface area contributed by atoms with Crippen molar-refractivity contribution in [1.29, 1.82) is 0 Å². The highest BCUT2D eigenvalue weighted by atomic mass is 32.1. The summed E-state index contributed by atoms with van der Waals surface area (Å²) in [7, 11) is 4.13. The fourth-order valence-electron chi connectivity index (χ4n) is 3.71. The van der Waals surface area contributed by atoms with E-state index in [0.29, 0.717) is 0 Å². The number of rotatable bonds is 9. The molecule has 0 atom stereocenters. The maximum atomic E-state index is 5.83. The molecule has 0 spiro atoms. The largest absolute Gasteiger partial charge is 0.379 e. The molecule has 31 heavy (non-hydrogen) atoms. The second kappa shape index (κ2) is 12.0. The first-order valence-corrected chi connectivity index (χ1v) is 11.7. The Balaban J connectivity index is 1.63. The number of ether oxygens (including phenoxy) is 1. The molecule has 1 saturated heterocycles. The molecule has 0 amide bonds. The number of anilines is 2. The Morgan fingerprint density at radius 2 is 1.65 bits per heavy atom. The Morgan fingerprint density at radius 1 is 1.00 bits per heavy atom. The fourth-order valence-corrected chi connectivity index (χ4v) is 3.98.